The third-order valence-electron chi connectivity index (χ3n) is 6.24. The first-order valence-electron chi connectivity index (χ1n) is 11.8. The van der Waals surface area contributed by atoms with E-state index in [0.717, 1.165) is 18.4 Å². The lowest BCUT2D eigenvalue weighted by molar-refractivity contribution is 0.281. The van der Waals surface area contributed by atoms with E-state index in [1.165, 1.54) is 0 Å². The Morgan fingerprint density at radius 1 is 1.17 bits per heavy atom. The Balaban J connectivity index is 1.45. The molecule has 1 aliphatic heterocycles. The van der Waals surface area contributed by atoms with Gasteiger partial charge in [-0.25, -0.2) is 8.42 Å². The maximum Gasteiger partial charge on any atom is 0.243 e. The number of hydrogen-bond acceptors (Lipinski definition) is 8. The molecule has 2 aromatic carbocycles. The second-order valence-corrected chi connectivity index (χ2v) is 10.7. The highest BCUT2D eigenvalue weighted by molar-refractivity contribution is 7.89. The number of nitrogens with one attached hydrogen (secondary N) is 1. The van der Waals surface area contributed by atoms with Gasteiger partial charge >= 0.3 is 0 Å². The molecule has 1 fully saturated rings. The average Bonchev–Trinajstić information content (AvgIpc) is 3.31. The van der Waals surface area contributed by atoms with Crippen LogP contribution in [0.2, 0.25) is 0 Å². The van der Waals surface area contributed by atoms with E-state index in [-0.39, 0.29) is 22.4 Å². The number of nitrogens with zero attached hydrogens (tertiary/aromatic N) is 3. The van der Waals surface area contributed by atoms with Gasteiger partial charge in [0.2, 0.25) is 27.5 Å². The normalized spacial score (nSPS) is 16.3. The molecule has 1 saturated heterocycles. The number of sulfonamides is 1. The molecule has 2 heterocycles. The molecule has 1 atom stereocenters. The first-order chi connectivity index (χ1) is 17.3. The van der Waals surface area contributed by atoms with E-state index < -0.39 is 10.0 Å². The SMILES string of the molecule is COc1ccc(CCNc2oc(-c3ccc(S(=O)(=O)N4CCC[C@H](C)C4)cc3)nc2C#N)cc1OC. The Morgan fingerprint density at radius 3 is 2.58 bits per heavy atom. The van der Waals surface area contributed by atoms with Crippen molar-refractivity contribution in [2.45, 2.75) is 31.1 Å². The zero-order valence-electron chi connectivity index (χ0n) is 20.7. The summed E-state index contributed by atoms with van der Waals surface area (Å²) >= 11 is 0. The van der Waals surface area contributed by atoms with Crippen LogP contribution in [0.1, 0.15) is 31.0 Å². The quantitative estimate of drug-likeness (QED) is 0.453. The number of benzene rings is 2. The minimum Gasteiger partial charge on any atom is -0.493 e. The molecule has 0 spiro atoms. The summed E-state index contributed by atoms with van der Waals surface area (Å²) in [6, 6.07) is 14.2. The lowest BCUT2D eigenvalue weighted by Gasteiger charge is -2.30. The molecule has 1 aliphatic rings. The second kappa shape index (κ2) is 11.0. The Labute approximate surface area is 211 Å². The van der Waals surface area contributed by atoms with Crippen molar-refractivity contribution >= 4 is 15.9 Å². The number of aromatic nitrogens is 1. The number of ether oxygens (including phenoxy) is 2. The molecule has 190 valence electrons. The minimum absolute atomic E-state index is 0.135. The fourth-order valence-electron chi connectivity index (χ4n) is 4.28. The first kappa shape index (κ1) is 25.5. The zero-order valence-corrected chi connectivity index (χ0v) is 21.5. The molecular weight excluding hydrogens is 480 g/mol. The van der Waals surface area contributed by atoms with E-state index in [0.29, 0.717) is 49.0 Å². The molecule has 0 amide bonds. The van der Waals surface area contributed by atoms with Crippen molar-refractivity contribution < 1.29 is 22.3 Å². The molecule has 1 N–H and O–H groups in total. The van der Waals surface area contributed by atoms with Crippen LogP contribution >= 0.6 is 0 Å². The Bertz CT molecular complexity index is 1350. The number of anilines is 1. The smallest absolute Gasteiger partial charge is 0.243 e. The van der Waals surface area contributed by atoms with Gasteiger partial charge in [0.05, 0.1) is 19.1 Å². The topological polar surface area (TPSA) is 118 Å². The van der Waals surface area contributed by atoms with E-state index in [1.807, 2.05) is 24.3 Å². The molecule has 1 aromatic heterocycles. The van der Waals surface area contributed by atoms with Crippen LogP contribution in [-0.4, -0.2) is 51.6 Å². The molecule has 0 bridgehead atoms. The summed E-state index contributed by atoms with van der Waals surface area (Å²) in [7, 11) is -0.371. The summed E-state index contributed by atoms with van der Waals surface area (Å²) in [5.74, 6) is 2.17. The monoisotopic (exact) mass is 510 g/mol. The predicted octanol–water partition coefficient (Wildman–Crippen LogP) is 4.31. The van der Waals surface area contributed by atoms with Crippen LogP contribution in [0, 0.1) is 17.2 Å². The maximum atomic E-state index is 13.0. The summed E-state index contributed by atoms with van der Waals surface area (Å²) in [5, 5.41) is 12.6. The number of hydrogen-bond donors (Lipinski definition) is 1. The molecule has 36 heavy (non-hydrogen) atoms. The van der Waals surface area contributed by atoms with Gasteiger partial charge in [-0.3, -0.25) is 0 Å². The summed E-state index contributed by atoms with van der Waals surface area (Å²) in [4.78, 5) is 4.52. The highest BCUT2D eigenvalue weighted by Gasteiger charge is 2.28. The highest BCUT2D eigenvalue weighted by Crippen LogP contribution is 2.30. The van der Waals surface area contributed by atoms with E-state index in [4.69, 9.17) is 13.9 Å². The summed E-state index contributed by atoms with van der Waals surface area (Å²) < 4.78 is 44.0. The standard InChI is InChI=1S/C26H30N4O5S/c1-18-5-4-14-30(17-18)36(31,32)21-9-7-20(8-10-21)25-29-22(16-27)26(35-25)28-13-12-19-6-11-23(33-2)24(15-19)34-3/h6-11,15,18,28H,4-5,12-14,17H2,1-3H3/t18-/m0/s1. The lowest BCUT2D eigenvalue weighted by Crippen LogP contribution is -2.39. The molecule has 9 nitrogen and oxygen atoms in total. The van der Waals surface area contributed by atoms with Crippen LogP contribution in [0.3, 0.4) is 0 Å². The number of rotatable bonds is 9. The van der Waals surface area contributed by atoms with Gasteiger partial charge in [-0.1, -0.05) is 13.0 Å². The molecule has 4 rings (SSSR count). The van der Waals surface area contributed by atoms with Crippen molar-refractivity contribution in [3.05, 3.63) is 53.7 Å². The summed E-state index contributed by atoms with van der Waals surface area (Å²) in [5.41, 5.74) is 1.75. The second-order valence-electron chi connectivity index (χ2n) is 8.81. The molecule has 0 unspecified atom stereocenters. The lowest BCUT2D eigenvalue weighted by atomic mass is 10.0. The van der Waals surface area contributed by atoms with E-state index >= 15 is 0 Å². The number of methoxy groups -OCH3 is 2. The number of nitriles is 1. The van der Waals surface area contributed by atoms with Gasteiger partial charge < -0.3 is 19.2 Å². The minimum atomic E-state index is -3.55. The van der Waals surface area contributed by atoms with Crippen LogP contribution in [-0.2, 0) is 16.4 Å². The first-order valence-corrected chi connectivity index (χ1v) is 13.3. The van der Waals surface area contributed by atoms with E-state index in [1.54, 1.807) is 42.8 Å². The van der Waals surface area contributed by atoms with Gasteiger partial charge in [0, 0.05) is 25.2 Å². The fraction of sp³-hybridized carbons (Fsp3) is 0.385. The van der Waals surface area contributed by atoms with Crippen LogP contribution in [0.25, 0.3) is 11.5 Å². The molecule has 0 saturated carbocycles. The van der Waals surface area contributed by atoms with Crippen LogP contribution in [0.4, 0.5) is 5.88 Å². The van der Waals surface area contributed by atoms with Crippen molar-refractivity contribution in [2.75, 3.05) is 39.2 Å². The predicted molar refractivity (Wildman–Crippen MR) is 136 cm³/mol. The van der Waals surface area contributed by atoms with Crippen molar-refractivity contribution in [1.29, 1.82) is 5.26 Å². The van der Waals surface area contributed by atoms with Crippen molar-refractivity contribution in [2.24, 2.45) is 5.92 Å². The van der Waals surface area contributed by atoms with Gasteiger partial charge in [0.1, 0.15) is 6.07 Å². The number of piperidine rings is 1. The molecule has 0 aliphatic carbocycles. The third-order valence-corrected chi connectivity index (χ3v) is 8.12. The summed E-state index contributed by atoms with van der Waals surface area (Å²) in [6.07, 6.45) is 2.57. The molecule has 10 heteroatoms. The van der Waals surface area contributed by atoms with Crippen LogP contribution < -0.4 is 14.8 Å². The zero-order chi connectivity index (χ0) is 25.7. The van der Waals surface area contributed by atoms with Crippen LogP contribution in [0.5, 0.6) is 11.5 Å². The molecular formula is C26H30N4O5S. The van der Waals surface area contributed by atoms with Gasteiger partial charge in [-0.05, 0) is 67.1 Å². The van der Waals surface area contributed by atoms with Crippen molar-refractivity contribution in [3.63, 3.8) is 0 Å². The molecule has 3 aromatic rings. The van der Waals surface area contributed by atoms with Gasteiger partial charge in [-0.2, -0.15) is 14.6 Å². The Kier molecular flexibility index (Phi) is 7.82. The molecule has 0 radical (unpaired) electrons. The van der Waals surface area contributed by atoms with Crippen molar-refractivity contribution in [1.82, 2.24) is 9.29 Å². The van der Waals surface area contributed by atoms with Gasteiger partial charge in [0.15, 0.2) is 11.5 Å². The maximum absolute atomic E-state index is 13.0. The highest BCUT2D eigenvalue weighted by atomic mass is 32.2. The third kappa shape index (κ3) is 5.48. The summed E-state index contributed by atoms with van der Waals surface area (Å²) in [6.45, 7) is 3.65. The fourth-order valence-corrected chi connectivity index (χ4v) is 5.88. The largest absolute Gasteiger partial charge is 0.493 e. The number of oxazole rings is 1. The average molecular weight is 511 g/mol. The van der Waals surface area contributed by atoms with Gasteiger partial charge in [0.25, 0.3) is 0 Å². The van der Waals surface area contributed by atoms with Crippen LogP contribution in [0.15, 0.2) is 51.8 Å². The Morgan fingerprint density at radius 2 is 1.92 bits per heavy atom. The van der Waals surface area contributed by atoms with Gasteiger partial charge in [-0.15, -0.1) is 0 Å². The van der Waals surface area contributed by atoms with Crippen molar-refractivity contribution in [3.8, 4) is 29.0 Å². The van der Waals surface area contributed by atoms with E-state index in [9.17, 15) is 13.7 Å². The van der Waals surface area contributed by atoms with E-state index in [2.05, 4.69) is 17.2 Å². The Hall–Kier alpha value is -3.55.